The van der Waals surface area contributed by atoms with Gasteiger partial charge in [-0.3, -0.25) is 4.99 Å². The zero-order valence-electron chi connectivity index (χ0n) is 7.62. The molecule has 0 aliphatic rings. The average molecular weight is 223 g/mol. The Kier molecular flexibility index (Phi) is 3.39. The fourth-order valence-corrected chi connectivity index (χ4v) is 0.918. The van der Waals surface area contributed by atoms with E-state index in [-0.39, 0.29) is 6.54 Å². The second-order valence-electron chi connectivity index (χ2n) is 2.61. The highest BCUT2D eigenvalue weighted by Gasteiger charge is 2.24. The molecule has 0 spiro atoms. The summed E-state index contributed by atoms with van der Waals surface area (Å²) in [4.78, 5) is 3.41. The van der Waals surface area contributed by atoms with Crippen LogP contribution in [-0.4, -0.2) is 12.8 Å². The van der Waals surface area contributed by atoms with Gasteiger partial charge in [0.2, 0.25) is 5.82 Å². The van der Waals surface area contributed by atoms with Gasteiger partial charge in [0, 0.05) is 12.8 Å². The van der Waals surface area contributed by atoms with Crippen LogP contribution in [0.3, 0.4) is 0 Å². The molecule has 1 nitrogen and oxygen atoms in total. The first-order chi connectivity index (χ1) is 7.00. The third kappa shape index (κ3) is 1.98. The molecule has 0 aromatic heterocycles. The average Bonchev–Trinajstić information content (AvgIpc) is 2.24. The van der Waals surface area contributed by atoms with Crippen LogP contribution in [0.15, 0.2) is 4.99 Å². The van der Waals surface area contributed by atoms with Gasteiger partial charge in [0.25, 0.3) is 0 Å². The van der Waals surface area contributed by atoms with Crippen molar-refractivity contribution in [3.63, 3.8) is 0 Å². The summed E-state index contributed by atoms with van der Waals surface area (Å²) in [6, 6.07) is 0. The zero-order valence-corrected chi connectivity index (χ0v) is 7.62. The molecular weight excluding hydrogens is 217 g/mol. The minimum absolute atomic E-state index is 0.180. The quantitative estimate of drug-likeness (QED) is 0.316. The summed E-state index contributed by atoms with van der Waals surface area (Å²) >= 11 is 0. The highest BCUT2D eigenvalue weighted by molar-refractivity contribution is 5.80. The highest BCUT2D eigenvalue weighted by atomic mass is 19.2. The van der Waals surface area contributed by atoms with Crippen molar-refractivity contribution in [3.05, 3.63) is 34.6 Å². The Bertz CT molecular complexity index is 384. The lowest BCUT2D eigenvalue weighted by Crippen LogP contribution is -2.06. The molecular formula is C9H6F5N. The first-order valence-electron chi connectivity index (χ1n) is 4.02. The molecule has 1 aromatic rings. The summed E-state index contributed by atoms with van der Waals surface area (Å²) in [7, 11) is 0. The molecule has 1 aromatic carbocycles. The van der Waals surface area contributed by atoms with E-state index in [1.54, 1.807) is 6.92 Å². The predicted octanol–water partition coefficient (Wildman–Crippen LogP) is 2.82. The van der Waals surface area contributed by atoms with Crippen molar-refractivity contribution >= 4 is 6.21 Å². The molecule has 0 saturated heterocycles. The van der Waals surface area contributed by atoms with E-state index < -0.39 is 34.6 Å². The number of benzene rings is 1. The molecule has 0 radical (unpaired) electrons. The molecule has 0 bridgehead atoms. The number of halogens is 5. The van der Waals surface area contributed by atoms with E-state index in [1.165, 1.54) is 0 Å². The minimum Gasteiger partial charge on any atom is -0.293 e. The van der Waals surface area contributed by atoms with Crippen LogP contribution >= 0.6 is 0 Å². The van der Waals surface area contributed by atoms with E-state index in [2.05, 4.69) is 4.99 Å². The van der Waals surface area contributed by atoms with E-state index in [0.29, 0.717) is 6.21 Å². The van der Waals surface area contributed by atoms with Crippen LogP contribution < -0.4 is 0 Å². The minimum atomic E-state index is -2.17. The molecule has 0 saturated carbocycles. The van der Waals surface area contributed by atoms with Gasteiger partial charge in [-0.15, -0.1) is 0 Å². The highest BCUT2D eigenvalue weighted by Crippen LogP contribution is 2.21. The van der Waals surface area contributed by atoms with Crippen LogP contribution in [0.4, 0.5) is 22.0 Å². The van der Waals surface area contributed by atoms with Crippen molar-refractivity contribution in [1.82, 2.24) is 0 Å². The van der Waals surface area contributed by atoms with Crippen LogP contribution in [0.25, 0.3) is 0 Å². The summed E-state index contributed by atoms with van der Waals surface area (Å²) in [6.45, 7) is 1.74. The standard InChI is InChI=1S/C9H6F5N/c1-2-15-3-4-5(10)7(12)9(14)8(13)6(4)11/h3H,2H2,1H3. The van der Waals surface area contributed by atoms with Crippen molar-refractivity contribution in [2.45, 2.75) is 6.92 Å². The molecule has 15 heavy (non-hydrogen) atoms. The molecule has 82 valence electrons. The second kappa shape index (κ2) is 4.37. The van der Waals surface area contributed by atoms with Crippen molar-refractivity contribution in [2.24, 2.45) is 4.99 Å². The third-order valence-electron chi connectivity index (χ3n) is 1.65. The molecule has 1 rings (SSSR count). The Morgan fingerprint density at radius 3 is 1.67 bits per heavy atom. The predicted molar refractivity (Wildman–Crippen MR) is 44.4 cm³/mol. The van der Waals surface area contributed by atoms with Crippen LogP contribution in [0.1, 0.15) is 12.5 Å². The van der Waals surface area contributed by atoms with Crippen LogP contribution in [0.5, 0.6) is 0 Å². The van der Waals surface area contributed by atoms with Gasteiger partial charge in [0.05, 0.1) is 5.56 Å². The van der Waals surface area contributed by atoms with Crippen molar-refractivity contribution in [1.29, 1.82) is 0 Å². The number of nitrogens with zero attached hydrogens (tertiary/aromatic N) is 1. The monoisotopic (exact) mass is 223 g/mol. The summed E-state index contributed by atoms with van der Waals surface area (Å²) in [5.74, 6) is -9.84. The van der Waals surface area contributed by atoms with Gasteiger partial charge in [-0.05, 0) is 6.92 Å². The van der Waals surface area contributed by atoms with Gasteiger partial charge in [-0.1, -0.05) is 0 Å². The van der Waals surface area contributed by atoms with Gasteiger partial charge >= 0.3 is 0 Å². The zero-order chi connectivity index (χ0) is 11.6. The lowest BCUT2D eigenvalue weighted by atomic mass is 10.2. The topological polar surface area (TPSA) is 12.4 Å². The molecule has 0 aliphatic heterocycles. The first kappa shape index (κ1) is 11.6. The Hall–Kier alpha value is -1.46. The van der Waals surface area contributed by atoms with Crippen molar-refractivity contribution < 1.29 is 22.0 Å². The summed E-state index contributed by atoms with van der Waals surface area (Å²) in [5, 5.41) is 0. The summed E-state index contributed by atoms with van der Waals surface area (Å²) in [6.07, 6.45) is 0.621. The number of rotatable bonds is 2. The smallest absolute Gasteiger partial charge is 0.200 e. The van der Waals surface area contributed by atoms with Crippen LogP contribution in [-0.2, 0) is 0 Å². The summed E-state index contributed by atoms with van der Waals surface area (Å²) < 4.78 is 63.6. The molecule has 0 fully saturated rings. The lowest BCUT2D eigenvalue weighted by molar-refractivity contribution is 0.377. The molecule has 0 N–H and O–H groups in total. The van der Waals surface area contributed by atoms with E-state index in [4.69, 9.17) is 0 Å². The SMILES string of the molecule is CCN=Cc1c(F)c(F)c(F)c(F)c1F. The fraction of sp³-hybridized carbons (Fsp3) is 0.222. The maximum Gasteiger partial charge on any atom is 0.200 e. The van der Waals surface area contributed by atoms with Crippen molar-refractivity contribution in [2.75, 3.05) is 6.54 Å². The second-order valence-corrected chi connectivity index (χ2v) is 2.61. The van der Waals surface area contributed by atoms with E-state index >= 15 is 0 Å². The molecule has 0 unspecified atom stereocenters. The molecule has 0 heterocycles. The maximum atomic E-state index is 12.9. The number of hydrogen-bond donors (Lipinski definition) is 0. The van der Waals surface area contributed by atoms with Gasteiger partial charge in [-0.25, -0.2) is 22.0 Å². The van der Waals surface area contributed by atoms with Gasteiger partial charge in [0.1, 0.15) is 0 Å². The fourth-order valence-electron chi connectivity index (χ4n) is 0.918. The molecule has 0 amide bonds. The molecule has 6 heteroatoms. The Labute approximate surface area is 82.2 Å². The molecule has 0 aliphatic carbocycles. The Morgan fingerprint density at radius 1 is 0.867 bits per heavy atom. The third-order valence-corrected chi connectivity index (χ3v) is 1.65. The Morgan fingerprint density at radius 2 is 1.27 bits per heavy atom. The first-order valence-corrected chi connectivity index (χ1v) is 4.02. The van der Waals surface area contributed by atoms with E-state index in [0.717, 1.165) is 0 Å². The van der Waals surface area contributed by atoms with Crippen LogP contribution in [0.2, 0.25) is 0 Å². The van der Waals surface area contributed by atoms with Gasteiger partial charge in [0.15, 0.2) is 23.3 Å². The molecule has 0 atom stereocenters. The van der Waals surface area contributed by atoms with Crippen LogP contribution in [0, 0.1) is 29.1 Å². The Balaban J connectivity index is 3.45. The lowest BCUT2D eigenvalue weighted by Gasteiger charge is -2.03. The van der Waals surface area contributed by atoms with Gasteiger partial charge < -0.3 is 0 Å². The number of hydrogen-bond acceptors (Lipinski definition) is 1. The van der Waals surface area contributed by atoms with E-state index in [1.807, 2.05) is 0 Å². The number of aliphatic imine (C=N–C) groups is 1. The largest absolute Gasteiger partial charge is 0.293 e. The van der Waals surface area contributed by atoms with E-state index in [9.17, 15) is 22.0 Å². The normalized spacial score (nSPS) is 11.3. The van der Waals surface area contributed by atoms with Crippen molar-refractivity contribution in [3.8, 4) is 0 Å². The van der Waals surface area contributed by atoms with Gasteiger partial charge in [-0.2, -0.15) is 0 Å². The maximum absolute atomic E-state index is 12.9. The summed E-state index contributed by atoms with van der Waals surface area (Å²) in [5.41, 5.74) is -1.02.